The first kappa shape index (κ1) is 70.1. The molecule has 0 aliphatic rings. The van der Waals surface area contributed by atoms with Crippen LogP contribution < -0.4 is 5.32 Å². The van der Waals surface area contributed by atoms with Gasteiger partial charge in [-0.3, -0.25) is 9.59 Å². The van der Waals surface area contributed by atoms with Crippen molar-refractivity contribution in [2.75, 3.05) is 13.2 Å². The molecular weight excluding hydrogens is 887 g/mol. The summed E-state index contributed by atoms with van der Waals surface area (Å²) < 4.78 is 5.47. The Morgan fingerprint density at radius 2 is 0.653 bits per heavy atom. The van der Waals surface area contributed by atoms with Crippen LogP contribution in [0.5, 0.6) is 0 Å². The number of rotatable bonds is 60. The van der Waals surface area contributed by atoms with E-state index < -0.39 is 12.1 Å². The van der Waals surface area contributed by atoms with E-state index in [0.717, 1.165) is 44.9 Å². The van der Waals surface area contributed by atoms with Gasteiger partial charge >= 0.3 is 5.97 Å². The van der Waals surface area contributed by atoms with Crippen molar-refractivity contribution in [3.8, 4) is 0 Å². The van der Waals surface area contributed by atoms with Gasteiger partial charge in [-0.2, -0.15) is 0 Å². The Labute approximate surface area is 449 Å². The Morgan fingerprint density at radius 1 is 0.375 bits per heavy atom. The number of nitrogens with one attached hydrogen (secondary N) is 1. The van der Waals surface area contributed by atoms with Crippen LogP contribution in [-0.2, 0) is 14.3 Å². The summed E-state index contributed by atoms with van der Waals surface area (Å²) in [5.41, 5.74) is 0. The number of carbonyl (C=O) groups is 2. The van der Waals surface area contributed by atoms with Crippen LogP contribution in [0.2, 0.25) is 0 Å². The lowest BCUT2D eigenvalue weighted by Crippen LogP contribution is -2.45. The molecule has 2 unspecified atom stereocenters. The summed E-state index contributed by atoms with van der Waals surface area (Å²) >= 11 is 0. The minimum Gasteiger partial charge on any atom is -0.466 e. The second kappa shape index (κ2) is 61.6. The molecule has 0 rings (SSSR count). The molecule has 3 N–H and O–H groups in total. The highest BCUT2D eigenvalue weighted by atomic mass is 16.5. The molecule has 0 bridgehead atoms. The molecule has 0 saturated carbocycles. The fourth-order valence-corrected chi connectivity index (χ4v) is 9.92. The van der Waals surface area contributed by atoms with E-state index in [1.165, 1.54) is 276 Å². The fraction of sp³-hybridized carbons (Fsp3) is 0.879. The van der Waals surface area contributed by atoms with Gasteiger partial charge in [0.15, 0.2) is 0 Å². The van der Waals surface area contributed by atoms with Crippen molar-refractivity contribution in [1.82, 2.24) is 5.32 Å². The number of carbonyl (C=O) groups excluding carboxylic acids is 2. The molecule has 1 amide bonds. The van der Waals surface area contributed by atoms with Crippen LogP contribution in [0.4, 0.5) is 0 Å². The normalized spacial score (nSPS) is 12.8. The second-order valence-electron chi connectivity index (χ2n) is 22.1. The van der Waals surface area contributed by atoms with Crippen molar-refractivity contribution in [2.45, 2.75) is 360 Å². The van der Waals surface area contributed by atoms with Gasteiger partial charge in [-0.05, 0) is 83.5 Å². The summed E-state index contributed by atoms with van der Waals surface area (Å²) in [6.07, 6.45) is 77.7. The molecule has 0 aliphatic carbocycles. The first-order valence-corrected chi connectivity index (χ1v) is 32.3. The Bertz CT molecular complexity index is 1170. The van der Waals surface area contributed by atoms with Crippen molar-refractivity contribution in [3.63, 3.8) is 0 Å². The average Bonchev–Trinajstić information content (AvgIpc) is 3.38. The number of unbranched alkanes of at least 4 members (excludes halogenated alkanes) is 45. The van der Waals surface area contributed by atoms with Crippen LogP contribution in [0.15, 0.2) is 36.5 Å². The topological polar surface area (TPSA) is 95.9 Å². The number of esters is 1. The zero-order valence-corrected chi connectivity index (χ0v) is 48.4. The average molecular weight is 1010 g/mol. The van der Waals surface area contributed by atoms with Crippen LogP contribution >= 0.6 is 0 Å². The van der Waals surface area contributed by atoms with Gasteiger partial charge in [0.25, 0.3) is 0 Å². The molecule has 72 heavy (non-hydrogen) atoms. The summed E-state index contributed by atoms with van der Waals surface area (Å²) in [7, 11) is 0. The standard InChI is InChI=1S/C66H125NO5/c1-3-5-7-9-11-13-15-17-18-32-35-38-42-46-50-54-58-64(69)63(62-68)67-65(70)59-55-51-47-43-39-36-33-30-28-26-24-22-20-19-21-23-25-27-29-31-34-37-41-45-49-53-57-61-72-66(71)60-56-52-48-44-40-16-14-12-10-8-6-4-2/h12,14,19-20,54,58,63-64,68-69H,3-11,13,15-18,21-53,55-57,59-62H2,1-2H3,(H,67,70)/b14-12-,20-19-,58-54+. The van der Waals surface area contributed by atoms with Gasteiger partial charge in [-0.25, -0.2) is 0 Å². The predicted molar refractivity (Wildman–Crippen MR) is 315 cm³/mol. The Kier molecular flexibility index (Phi) is 60.0. The Balaban J connectivity index is 3.41. The lowest BCUT2D eigenvalue weighted by molar-refractivity contribution is -0.143. The molecule has 6 heteroatoms. The van der Waals surface area contributed by atoms with E-state index in [4.69, 9.17) is 4.74 Å². The van der Waals surface area contributed by atoms with Gasteiger partial charge in [-0.15, -0.1) is 0 Å². The van der Waals surface area contributed by atoms with Crippen molar-refractivity contribution in [1.29, 1.82) is 0 Å². The van der Waals surface area contributed by atoms with Crippen LogP contribution in [-0.4, -0.2) is 47.4 Å². The highest BCUT2D eigenvalue weighted by Crippen LogP contribution is 2.17. The van der Waals surface area contributed by atoms with Crippen LogP contribution in [0.3, 0.4) is 0 Å². The molecule has 6 nitrogen and oxygen atoms in total. The third-order valence-corrected chi connectivity index (χ3v) is 14.9. The molecule has 0 saturated heterocycles. The number of amides is 1. The van der Waals surface area contributed by atoms with Crippen LogP contribution in [0.1, 0.15) is 348 Å². The zero-order valence-electron chi connectivity index (χ0n) is 48.4. The highest BCUT2D eigenvalue weighted by molar-refractivity contribution is 5.76. The SMILES string of the molecule is CCCCC/C=C\CCCCCCCC(=O)OCCCCCCCCCCCCCC/C=C\CCCCCCCCCCCCCC(=O)NC(CO)C(O)/C=C/CCCCCCCCCCCCCCCC. The van der Waals surface area contributed by atoms with Crippen molar-refractivity contribution < 1.29 is 24.5 Å². The van der Waals surface area contributed by atoms with Crippen molar-refractivity contribution in [2.24, 2.45) is 0 Å². The van der Waals surface area contributed by atoms with Gasteiger partial charge < -0.3 is 20.3 Å². The number of aliphatic hydroxyl groups excluding tert-OH is 2. The number of hydrogen-bond acceptors (Lipinski definition) is 5. The lowest BCUT2D eigenvalue weighted by atomic mass is 10.0. The molecule has 424 valence electrons. The summed E-state index contributed by atoms with van der Waals surface area (Å²) in [6, 6.07) is -0.629. The Morgan fingerprint density at radius 3 is 1.01 bits per heavy atom. The molecule has 0 fully saturated rings. The van der Waals surface area contributed by atoms with Gasteiger partial charge in [-0.1, -0.05) is 288 Å². The quantitative estimate of drug-likeness (QED) is 0.0320. The zero-order chi connectivity index (χ0) is 52.2. The van der Waals surface area contributed by atoms with E-state index in [-0.39, 0.29) is 18.5 Å². The molecule has 0 aromatic rings. The fourth-order valence-electron chi connectivity index (χ4n) is 9.92. The third-order valence-electron chi connectivity index (χ3n) is 14.9. The minimum atomic E-state index is -0.845. The van der Waals surface area contributed by atoms with E-state index in [1.54, 1.807) is 6.08 Å². The smallest absolute Gasteiger partial charge is 0.305 e. The molecule has 0 heterocycles. The predicted octanol–water partition coefficient (Wildman–Crippen LogP) is 20.4. The monoisotopic (exact) mass is 1010 g/mol. The van der Waals surface area contributed by atoms with Gasteiger partial charge in [0.1, 0.15) is 0 Å². The van der Waals surface area contributed by atoms with Crippen molar-refractivity contribution >= 4 is 11.9 Å². The minimum absolute atomic E-state index is 0.00460. The van der Waals surface area contributed by atoms with Crippen molar-refractivity contribution in [3.05, 3.63) is 36.5 Å². The first-order valence-electron chi connectivity index (χ1n) is 32.3. The number of aliphatic hydroxyl groups is 2. The summed E-state index contributed by atoms with van der Waals surface area (Å²) in [6.45, 7) is 4.89. The van der Waals surface area contributed by atoms with E-state index in [9.17, 15) is 19.8 Å². The molecular formula is C66H125NO5. The lowest BCUT2D eigenvalue weighted by Gasteiger charge is -2.20. The van der Waals surface area contributed by atoms with Crippen LogP contribution in [0.25, 0.3) is 0 Å². The molecule has 0 spiro atoms. The highest BCUT2D eigenvalue weighted by Gasteiger charge is 2.18. The summed E-state index contributed by atoms with van der Waals surface area (Å²) in [4.78, 5) is 24.5. The maximum absolute atomic E-state index is 12.5. The second-order valence-corrected chi connectivity index (χ2v) is 22.1. The maximum atomic E-state index is 12.5. The van der Waals surface area contributed by atoms with E-state index in [2.05, 4.69) is 43.5 Å². The van der Waals surface area contributed by atoms with Gasteiger partial charge in [0, 0.05) is 12.8 Å². The maximum Gasteiger partial charge on any atom is 0.305 e. The van der Waals surface area contributed by atoms with Gasteiger partial charge in [0.05, 0.1) is 25.4 Å². The molecule has 2 atom stereocenters. The Hall–Kier alpha value is -1.92. The van der Waals surface area contributed by atoms with Gasteiger partial charge in [0.2, 0.25) is 5.91 Å². The van der Waals surface area contributed by atoms with E-state index in [1.807, 2.05) is 6.08 Å². The third kappa shape index (κ3) is 57.4. The molecule has 0 aromatic carbocycles. The van der Waals surface area contributed by atoms with E-state index >= 15 is 0 Å². The first-order chi connectivity index (χ1) is 35.5. The summed E-state index contributed by atoms with van der Waals surface area (Å²) in [5.74, 6) is -0.0625. The summed E-state index contributed by atoms with van der Waals surface area (Å²) in [5, 5.41) is 23.2. The molecule has 0 aromatic heterocycles. The molecule has 0 aliphatic heterocycles. The van der Waals surface area contributed by atoms with E-state index in [0.29, 0.717) is 19.4 Å². The molecule has 0 radical (unpaired) electrons. The van der Waals surface area contributed by atoms with Crippen LogP contribution in [0, 0.1) is 0 Å². The number of allylic oxidation sites excluding steroid dienone is 5. The number of hydrogen-bond donors (Lipinski definition) is 3. The largest absolute Gasteiger partial charge is 0.466 e. The number of ether oxygens (including phenoxy) is 1.